The number of amides is 1. The standard InChI is InChI=1S/C28H26N4O2S/c1-34-24-12-13-25-26(19-24)35-28(30-25)32(16-5-15-31-17-14-29-20-31)27(33)23-10-8-22(9-11-23)18-21-6-3-2-4-7-21/h2-4,6-14,17,19-20H,5,15-16,18H2,1H3. The molecule has 6 nitrogen and oxygen atoms in total. The van der Waals surface area contributed by atoms with Crippen LogP contribution < -0.4 is 9.64 Å². The van der Waals surface area contributed by atoms with E-state index in [9.17, 15) is 4.79 Å². The Balaban J connectivity index is 1.38. The van der Waals surface area contributed by atoms with Gasteiger partial charge < -0.3 is 9.30 Å². The molecule has 1 amide bonds. The lowest BCUT2D eigenvalue weighted by molar-refractivity contribution is 0.0986. The number of thiazole rings is 1. The van der Waals surface area contributed by atoms with E-state index in [2.05, 4.69) is 17.1 Å². The summed E-state index contributed by atoms with van der Waals surface area (Å²) in [7, 11) is 1.65. The van der Waals surface area contributed by atoms with Crippen LogP contribution in [0, 0.1) is 0 Å². The number of nitrogens with zero attached hydrogens (tertiary/aromatic N) is 4. The number of rotatable bonds is 9. The van der Waals surface area contributed by atoms with Crippen molar-refractivity contribution in [2.45, 2.75) is 19.4 Å². The molecule has 35 heavy (non-hydrogen) atoms. The number of fused-ring (bicyclic) bond motifs is 1. The molecule has 0 bridgehead atoms. The second kappa shape index (κ2) is 10.5. The van der Waals surface area contributed by atoms with E-state index < -0.39 is 0 Å². The van der Waals surface area contributed by atoms with E-state index in [1.165, 1.54) is 22.5 Å². The van der Waals surface area contributed by atoms with E-state index >= 15 is 0 Å². The fourth-order valence-corrected chi connectivity index (χ4v) is 5.02. The molecule has 3 aromatic carbocycles. The number of benzene rings is 3. The Kier molecular flexibility index (Phi) is 6.86. The molecule has 5 aromatic rings. The predicted octanol–water partition coefficient (Wildman–Crippen LogP) is 5.83. The first-order valence-electron chi connectivity index (χ1n) is 11.5. The molecule has 0 saturated heterocycles. The third-order valence-corrected chi connectivity index (χ3v) is 6.91. The smallest absolute Gasteiger partial charge is 0.260 e. The van der Waals surface area contributed by atoms with Crippen LogP contribution in [0.25, 0.3) is 10.2 Å². The summed E-state index contributed by atoms with van der Waals surface area (Å²) in [6.07, 6.45) is 7.11. The maximum Gasteiger partial charge on any atom is 0.260 e. The van der Waals surface area contributed by atoms with Gasteiger partial charge in [-0.25, -0.2) is 9.97 Å². The Morgan fingerprint density at radius 3 is 2.57 bits per heavy atom. The zero-order valence-electron chi connectivity index (χ0n) is 19.5. The highest BCUT2D eigenvalue weighted by Crippen LogP contribution is 2.32. The first-order chi connectivity index (χ1) is 17.2. The van der Waals surface area contributed by atoms with Crippen LogP contribution in [0.3, 0.4) is 0 Å². The average molecular weight is 483 g/mol. The van der Waals surface area contributed by atoms with Gasteiger partial charge in [-0.2, -0.15) is 0 Å². The number of ether oxygens (including phenoxy) is 1. The lowest BCUT2D eigenvalue weighted by atomic mass is 10.0. The summed E-state index contributed by atoms with van der Waals surface area (Å²) in [5.74, 6) is 0.729. The molecule has 0 spiro atoms. The van der Waals surface area contributed by atoms with Crippen molar-refractivity contribution in [3.05, 3.63) is 108 Å². The monoisotopic (exact) mass is 482 g/mol. The normalized spacial score (nSPS) is 11.0. The number of aryl methyl sites for hydroxylation is 1. The second-order valence-corrected chi connectivity index (χ2v) is 9.31. The molecule has 0 radical (unpaired) electrons. The first kappa shape index (κ1) is 22.8. The number of hydrogen-bond donors (Lipinski definition) is 0. The van der Waals surface area contributed by atoms with E-state index in [1.54, 1.807) is 24.5 Å². The van der Waals surface area contributed by atoms with Crippen LogP contribution in [0.2, 0.25) is 0 Å². The van der Waals surface area contributed by atoms with Gasteiger partial charge in [0.25, 0.3) is 5.91 Å². The molecule has 0 saturated carbocycles. The number of anilines is 1. The largest absolute Gasteiger partial charge is 0.497 e. The molecular weight excluding hydrogens is 456 g/mol. The molecule has 5 rings (SSSR count). The summed E-state index contributed by atoms with van der Waals surface area (Å²) >= 11 is 1.51. The van der Waals surface area contributed by atoms with E-state index in [0.717, 1.165) is 35.4 Å². The quantitative estimate of drug-likeness (QED) is 0.265. The molecule has 0 aliphatic heterocycles. The third kappa shape index (κ3) is 5.41. The van der Waals surface area contributed by atoms with E-state index in [4.69, 9.17) is 9.72 Å². The van der Waals surface area contributed by atoms with Crippen LogP contribution in [0.1, 0.15) is 27.9 Å². The van der Waals surface area contributed by atoms with Crippen molar-refractivity contribution in [2.24, 2.45) is 0 Å². The molecule has 0 atom stereocenters. The number of aromatic nitrogens is 3. The fourth-order valence-electron chi connectivity index (χ4n) is 4.00. The Morgan fingerprint density at radius 2 is 1.83 bits per heavy atom. The van der Waals surface area contributed by atoms with Crippen LogP contribution in [-0.2, 0) is 13.0 Å². The van der Waals surface area contributed by atoms with Crippen molar-refractivity contribution in [1.82, 2.24) is 14.5 Å². The minimum absolute atomic E-state index is 0.0482. The number of carbonyl (C=O) groups excluding carboxylic acids is 1. The van der Waals surface area contributed by atoms with Crippen molar-refractivity contribution in [3.63, 3.8) is 0 Å². The molecule has 0 aliphatic carbocycles. The maximum atomic E-state index is 13.7. The van der Waals surface area contributed by atoms with Crippen LogP contribution in [0.15, 0.2) is 91.5 Å². The fraction of sp³-hybridized carbons (Fsp3) is 0.179. The Hall–Kier alpha value is -3.97. The van der Waals surface area contributed by atoms with E-state index in [0.29, 0.717) is 17.2 Å². The minimum Gasteiger partial charge on any atom is -0.497 e. The summed E-state index contributed by atoms with van der Waals surface area (Å²) in [5, 5.41) is 0.692. The van der Waals surface area contributed by atoms with Crippen molar-refractivity contribution >= 4 is 32.6 Å². The van der Waals surface area contributed by atoms with Gasteiger partial charge in [-0.1, -0.05) is 53.8 Å². The van der Waals surface area contributed by atoms with Crippen molar-refractivity contribution < 1.29 is 9.53 Å². The lowest BCUT2D eigenvalue weighted by Crippen LogP contribution is -2.32. The molecule has 176 valence electrons. The van der Waals surface area contributed by atoms with Gasteiger partial charge in [0.05, 0.1) is 23.7 Å². The van der Waals surface area contributed by atoms with Crippen molar-refractivity contribution in [1.29, 1.82) is 0 Å². The first-order valence-corrected chi connectivity index (χ1v) is 12.4. The number of imidazole rings is 1. The third-order valence-electron chi connectivity index (χ3n) is 5.87. The highest BCUT2D eigenvalue weighted by atomic mass is 32.1. The summed E-state index contributed by atoms with van der Waals surface area (Å²) in [4.78, 5) is 24.3. The summed E-state index contributed by atoms with van der Waals surface area (Å²) in [5.41, 5.74) is 3.93. The summed E-state index contributed by atoms with van der Waals surface area (Å²) in [6, 6.07) is 24.0. The topological polar surface area (TPSA) is 60.2 Å². The van der Waals surface area contributed by atoms with Crippen LogP contribution in [-0.4, -0.2) is 34.1 Å². The minimum atomic E-state index is -0.0482. The van der Waals surface area contributed by atoms with Gasteiger partial charge in [-0.3, -0.25) is 9.69 Å². The average Bonchev–Trinajstić information content (AvgIpc) is 3.57. The van der Waals surface area contributed by atoms with Crippen LogP contribution in [0.4, 0.5) is 5.13 Å². The second-order valence-electron chi connectivity index (χ2n) is 8.30. The van der Waals surface area contributed by atoms with Gasteiger partial charge in [0.15, 0.2) is 5.13 Å². The van der Waals surface area contributed by atoms with Crippen LogP contribution in [0.5, 0.6) is 5.75 Å². The molecule has 0 unspecified atom stereocenters. The number of methoxy groups -OCH3 is 1. The Labute approximate surface area is 208 Å². The van der Waals surface area contributed by atoms with Gasteiger partial charge in [-0.15, -0.1) is 0 Å². The summed E-state index contributed by atoms with van der Waals surface area (Å²) in [6.45, 7) is 1.33. The van der Waals surface area contributed by atoms with Gasteiger partial charge in [-0.05, 0) is 54.3 Å². The van der Waals surface area contributed by atoms with E-state index in [1.807, 2.05) is 71.4 Å². The lowest BCUT2D eigenvalue weighted by Gasteiger charge is -2.20. The molecule has 0 fully saturated rings. The zero-order chi connectivity index (χ0) is 24.0. The predicted molar refractivity (Wildman–Crippen MR) is 140 cm³/mol. The molecule has 0 N–H and O–H groups in total. The highest BCUT2D eigenvalue weighted by molar-refractivity contribution is 7.22. The molecule has 0 aliphatic rings. The molecule has 7 heteroatoms. The van der Waals surface area contributed by atoms with Gasteiger partial charge in [0, 0.05) is 31.0 Å². The van der Waals surface area contributed by atoms with Crippen LogP contribution >= 0.6 is 11.3 Å². The molecule has 2 heterocycles. The van der Waals surface area contributed by atoms with Crippen molar-refractivity contribution in [2.75, 3.05) is 18.6 Å². The van der Waals surface area contributed by atoms with Gasteiger partial charge >= 0.3 is 0 Å². The number of carbonyl (C=O) groups is 1. The zero-order valence-corrected chi connectivity index (χ0v) is 20.3. The van der Waals surface area contributed by atoms with Gasteiger partial charge in [0.2, 0.25) is 0 Å². The van der Waals surface area contributed by atoms with Crippen molar-refractivity contribution in [3.8, 4) is 5.75 Å². The Bertz CT molecular complexity index is 1400. The SMILES string of the molecule is COc1ccc2nc(N(CCCn3ccnc3)C(=O)c3ccc(Cc4ccccc4)cc3)sc2c1. The van der Waals surface area contributed by atoms with E-state index in [-0.39, 0.29) is 5.91 Å². The summed E-state index contributed by atoms with van der Waals surface area (Å²) < 4.78 is 8.37. The molecular formula is C28H26N4O2S. The van der Waals surface area contributed by atoms with Gasteiger partial charge in [0.1, 0.15) is 5.75 Å². The number of hydrogen-bond acceptors (Lipinski definition) is 5. The molecule has 2 aromatic heterocycles. The maximum absolute atomic E-state index is 13.7. The Morgan fingerprint density at radius 1 is 1.03 bits per heavy atom. The highest BCUT2D eigenvalue weighted by Gasteiger charge is 2.21.